The number of nitrogens with one attached hydrogen (secondary N) is 1. The molecule has 2 rings (SSSR count). The van der Waals surface area contributed by atoms with Gasteiger partial charge in [0.2, 0.25) is 0 Å². The van der Waals surface area contributed by atoms with Gasteiger partial charge in [-0.15, -0.1) is 11.6 Å². The van der Waals surface area contributed by atoms with Crippen LogP contribution in [0.1, 0.15) is 17.3 Å². The molecule has 2 aromatic rings. The largest absolute Gasteiger partial charge is 0.360 e. The van der Waals surface area contributed by atoms with Gasteiger partial charge < -0.3 is 4.98 Å². The fraction of sp³-hybridized carbons (Fsp3) is 0.182. The summed E-state index contributed by atoms with van der Waals surface area (Å²) in [6.07, 6.45) is 1.52. The molecule has 0 fully saturated rings. The van der Waals surface area contributed by atoms with Crippen LogP contribution >= 0.6 is 11.6 Å². The highest BCUT2D eigenvalue weighted by atomic mass is 35.5. The van der Waals surface area contributed by atoms with Gasteiger partial charge in [0, 0.05) is 29.3 Å². The van der Waals surface area contributed by atoms with Crippen molar-refractivity contribution in [2.75, 3.05) is 0 Å². The molecule has 0 amide bonds. The summed E-state index contributed by atoms with van der Waals surface area (Å²) in [4.78, 5) is 24.7. The average molecular weight is 253 g/mol. The lowest BCUT2D eigenvalue weighted by atomic mass is 10.1. The van der Waals surface area contributed by atoms with Crippen LogP contribution in [0.4, 0.5) is 5.69 Å². The van der Waals surface area contributed by atoms with Crippen LogP contribution in [0.3, 0.4) is 0 Å². The Morgan fingerprint density at radius 3 is 2.82 bits per heavy atom. The minimum Gasteiger partial charge on any atom is -0.360 e. The van der Waals surface area contributed by atoms with E-state index in [-0.39, 0.29) is 11.5 Å². The van der Waals surface area contributed by atoms with E-state index in [1.165, 1.54) is 18.3 Å². The van der Waals surface area contributed by atoms with Gasteiger partial charge in [0.25, 0.3) is 5.69 Å². The molecule has 0 aliphatic heterocycles. The molecule has 0 saturated carbocycles. The van der Waals surface area contributed by atoms with Crippen molar-refractivity contribution in [2.24, 2.45) is 0 Å². The first kappa shape index (κ1) is 11.6. The van der Waals surface area contributed by atoms with Crippen LogP contribution in [0.2, 0.25) is 0 Å². The number of hydrogen-bond acceptors (Lipinski definition) is 3. The van der Waals surface area contributed by atoms with Crippen molar-refractivity contribution in [1.82, 2.24) is 4.98 Å². The first-order valence-electron chi connectivity index (χ1n) is 4.94. The Hall–Kier alpha value is -1.88. The Bertz CT molecular complexity index is 604. The smallest absolute Gasteiger partial charge is 0.271 e. The van der Waals surface area contributed by atoms with Gasteiger partial charge in [-0.3, -0.25) is 14.9 Å². The van der Waals surface area contributed by atoms with Crippen LogP contribution in [0.5, 0.6) is 0 Å². The molecule has 1 heterocycles. The van der Waals surface area contributed by atoms with Gasteiger partial charge in [-0.1, -0.05) is 0 Å². The number of nitrogens with zero attached hydrogens (tertiary/aromatic N) is 1. The number of carbonyl (C=O) groups is 1. The van der Waals surface area contributed by atoms with Crippen molar-refractivity contribution in [3.63, 3.8) is 0 Å². The molecule has 1 aromatic heterocycles. The molecule has 5 nitrogen and oxygen atoms in total. The van der Waals surface area contributed by atoms with Gasteiger partial charge in [0.05, 0.1) is 15.8 Å². The normalized spacial score (nSPS) is 12.6. The third kappa shape index (κ3) is 2.01. The Balaban J connectivity index is 2.56. The standard InChI is InChI=1S/C11H9ClN2O3/c1-6(12)11(15)9-5-13-10-4-7(14(16)17)2-3-8(9)10/h2-6,13H,1H3. The number of fused-ring (bicyclic) bond motifs is 1. The molecule has 0 aliphatic carbocycles. The summed E-state index contributed by atoms with van der Waals surface area (Å²) in [6, 6.07) is 4.31. The zero-order chi connectivity index (χ0) is 12.6. The molecule has 1 unspecified atom stereocenters. The summed E-state index contributed by atoms with van der Waals surface area (Å²) >= 11 is 5.73. The monoisotopic (exact) mass is 252 g/mol. The number of non-ortho nitro benzene ring substituents is 1. The fourth-order valence-electron chi connectivity index (χ4n) is 1.65. The topological polar surface area (TPSA) is 76.0 Å². The summed E-state index contributed by atoms with van der Waals surface area (Å²) < 4.78 is 0. The Labute approximate surface area is 102 Å². The minimum absolute atomic E-state index is 0.0164. The number of halogens is 1. The van der Waals surface area contributed by atoms with Crippen molar-refractivity contribution >= 4 is 34.0 Å². The third-order valence-corrected chi connectivity index (χ3v) is 2.70. The molecule has 0 spiro atoms. The second-order valence-electron chi connectivity index (χ2n) is 3.67. The van der Waals surface area contributed by atoms with Gasteiger partial charge >= 0.3 is 0 Å². The van der Waals surface area contributed by atoms with Crippen LogP contribution in [0.15, 0.2) is 24.4 Å². The van der Waals surface area contributed by atoms with E-state index in [2.05, 4.69) is 4.98 Å². The van der Waals surface area contributed by atoms with Crippen LogP contribution in [0, 0.1) is 10.1 Å². The number of rotatable bonds is 3. The number of benzene rings is 1. The van der Waals surface area contributed by atoms with Crippen molar-refractivity contribution in [3.05, 3.63) is 40.1 Å². The van der Waals surface area contributed by atoms with Gasteiger partial charge in [-0.2, -0.15) is 0 Å². The van der Waals surface area contributed by atoms with E-state index in [9.17, 15) is 14.9 Å². The SMILES string of the molecule is CC(Cl)C(=O)c1c[nH]c2cc([N+](=O)[O-])ccc12. The van der Waals surface area contributed by atoms with Crippen molar-refractivity contribution in [2.45, 2.75) is 12.3 Å². The highest BCUT2D eigenvalue weighted by molar-refractivity contribution is 6.34. The van der Waals surface area contributed by atoms with Crippen LogP contribution in [-0.4, -0.2) is 21.1 Å². The minimum atomic E-state index is -0.621. The number of hydrogen-bond donors (Lipinski definition) is 1. The first-order chi connectivity index (χ1) is 8.00. The van der Waals surface area contributed by atoms with Gasteiger partial charge in [-0.05, 0) is 13.0 Å². The first-order valence-corrected chi connectivity index (χ1v) is 5.38. The molecule has 17 heavy (non-hydrogen) atoms. The average Bonchev–Trinajstić information content (AvgIpc) is 2.70. The van der Waals surface area contributed by atoms with E-state index in [1.807, 2.05) is 0 Å². The van der Waals surface area contributed by atoms with Crippen LogP contribution in [-0.2, 0) is 0 Å². The number of carbonyl (C=O) groups excluding carboxylic acids is 1. The molecule has 0 aliphatic rings. The number of nitro groups is 1. The van der Waals surface area contributed by atoms with E-state index in [4.69, 9.17) is 11.6 Å². The molecule has 88 valence electrons. The van der Waals surface area contributed by atoms with E-state index in [1.54, 1.807) is 13.0 Å². The van der Waals surface area contributed by atoms with E-state index in [0.717, 1.165) is 0 Å². The lowest BCUT2D eigenvalue weighted by Gasteiger charge is -2.00. The van der Waals surface area contributed by atoms with Crippen molar-refractivity contribution < 1.29 is 9.72 Å². The highest BCUT2D eigenvalue weighted by Crippen LogP contribution is 2.24. The lowest BCUT2D eigenvalue weighted by Crippen LogP contribution is -2.09. The Morgan fingerprint density at radius 2 is 2.24 bits per heavy atom. The molecule has 1 N–H and O–H groups in total. The molecule has 6 heteroatoms. The predicted molar refractivity (Wildman–Crippen MR) is 64.6 cm³/mol. The number of aromatic nitrogens is 1. The molecular weight excluding hydrogens is 244 g/mol. The quantitative estimate of drug-likeness (QED) is 0.395. The maximum atomic E-state index is 11.8. The molecule has 1 aromatic carbocycles. The highest BCUT2D eigenvalue weighted by Gasteiger charge is 2.18. The Kier molecular flexibility index (Phi) is 2.85. The molecule has 0 saturated heterocycles. The molecule has 0 bridgehead atoms. The second-order valence-corrected chi connectivity index (χ2v) is 4.32. The fourth-order valence-corrected chi connectivity index (χ4v) is 1.76. The van der Waals surface area contributed by atoms with Gasteiger partial charge in [0.15, 0.2) is 5.78 Å². The molecule has 1 atom stereocenters. The zero-order valence-corrected chi connectivity index (χ0v) is 9.69. The maximum Gasteiger partial charge on any atom is 0.271 e. The number of Topliss-reactive ketones (excluding diaryl/α,β-unsaturated/α-hetero) is 1. The summed E-state index contributed by atoms with van der Waals surface area (Å²) in [5, 5.41) is 10.6. The molecular formula is C11H9ClN2O3. The number of nitro benzene ring substituents is 1. The summed E-state index contributed by atoms with van der Waals surface area (Å²) in [5.41, 5.74) is 0.995. The predicted octanol–water partition coefficient (Wildman–Crippen LogP) is 2.89. The van der Waals surface area contributed by atoms with Gasteiger partial charge in [-0.25, -0.2) is 0 Å². The Morgan fingerprint density at radius 1 is 1.53 bits per heavy atom. The van der Waals surface area contributed by atoms with Crippen LogP contribution < -0.4 is 0 Å². The summed E-state index contributed by atoms with van der Waals surface area (Å²) in [6.45, 7) is 1.59. The number of H-pyrrole nitrogens is 1. The van der Waals surface area contributed by atoms with E-state index in [0.29, 0.717) is 16.5 Å². The van der Waals surface area contributed by atoms with Crippen molar-refractivity contribution in [1.29, 1.82) is 0 Å². The van der Waals surface area contributed by atoms with Gasteiger partial charge in [0.1, 0.15) is 0 Å². The second kappa shape index (κ2) is 4.18. The van der Waals surface area contributed by atoms with E-state index >= 15 is 0 Å². The number of alkyl halides is 1. The zero-order valence-electron chi connectivity index (χ0n) is 8.94. The van der Waals surface area contributed by atoms with E-state index < -0.39 is 10.3 Å². The number of ketones is 1. The van der Waals surface area contributed by atoms with Crippen LogP contribution in [0.25, 0.3) is 10.9 Å². The van der Waals surface area contributed by atoms with Crippen molar-refractivity contribution in [3.8, 4) is 0 Å². The molecule has 0 radical (unpaired) electrons. The summed E-state index contributed by atoms with van der Waals surface area (Å²) in [5.74, 6) is -0.202. The third-order valence-electron chi connectivity index (χ3n) is 2.50. The summed E-state index contributed by atoms with van der Waals surface area (Å²) in [7, 11) is 0. The maximum absolute atomic E-state index is 11.8. The number of aromatic amines is 1. The lowest BCUT2D eigenvalue weighted by molar-refractivity contribution is -0.384.